The largest absolute Gasteiger partial charge is 0.478 e. The van der Waals surface area contributed by atoms with Gasteiger partial charge in [0.15, 0.2) is 0 Å². The predicted octanol–water partition coefficient (Wildman–Crippen LogP) is 8.68. The number of halogens is 1. The number of hydrogen-bond acceptors (Lipinski definition) is 2. The first-order valence-electron chi connectivity index (χ1n) is 11.3. The highest BCUT2D eigenvalue weighted by Gasteiger charge is 2.12. The second-order valence-electron chi connectivity index (χ2n) is 8.35. The molecule has 0 saturated heterocycles. The molecule has 1 N–H and O–H groups in total. The lowest BCUT2D eigenvalue weighted by Crippen LogP contribution is -2.00. The van der Waals surface area contributed by atoms with Crippen LogP contribution in [0.2, 0.25) is 0 Å². The molecule has 4 heteroatoms. The van der Waals surface area contributed by atoms with Gasteiger partial charge in [0.05, 0.1) is 5.56 Å². The van der Waals surface area contributed by atoms with E-state index in [9.17, 15) is 9.90 Å². The fourth-order valence-corrected chi connectivity index (χ4v) is 4.85. The Kier molecular flexibility index (Phi) is 6.24. The molecule has 0 unspecified atom stereocenters. The molecule has 0 amide bonds. The first-order chi connectivity index (χ1) is 16.5. The summed E-state index contributed by atoms with van der Waals surface area (Å²) in [6.07, 6.45) is 5.84. The van der Waals surface area contributed by atoms with E-state index in [1.165, 1.54) is 10.9 Å². The van der Waals surface area contributed by atoms with Crippen LogP contribution < -0.4 is 0 Å². The first-order valence-corrected chi connectivity index (χ1v) is 12.4. The minimum absolute atomic E-state index is 0.311. The minimum atomic E-state index is -0.917. The van der Waals surface area contributed by atoms with Crippen LogP contribution in [0.15, 0.2) is 83.3 Å². The third-order valence-electron chi connectivity index (χ3n) is 6.04. The summed E-state index contributed by atoms with van der Waals surface area (Å²) in [4.78, 5) is 11.7. The standard InChI is InChI=1S/C30H23IO3/c1-2-5-22-16-23(28-17-24-13-11-20-6-3-4-7-26(20)29(24)34-28)12-9-19(22)8-10-21-14-15-25(31)18-27(21)30(32)33/h3-4,6-18H,2,5H2,1H3,(H,32,33). The van der Waals surface area contributed by atoms with Crippen molar-refractivity contribution < 1.29 is 14.3 Å². The highest BCUT2D eigenvalue weighted by molar-refractivity contribution is 14.1. The summed E-state index contributed by atoms with van der Waals surface area (Å²) >= 11 is 2.13. The Morgan fingerprint density at radius 2 is 1.68 bits per heavy atom. The molecule has 1 heterocycles. The van der Waals surface area contributed by atoms with Crippen LogP contribution in [-0.4, -0.2) is 11.1 Å². The molecule has 0 fully saturated rings. The number of hydrogen-bond donors (Lipinski definition) is 1. The second kappa shape index (κ2) is 9.47. The molecular formula is C30H23IO3. The molecule has 0 spiro atoms. The lowest BCUT2D eigenvalue weighted by atomic mass is 9.97. The van der Waals surface area contributed by atoms with Gasteiger partial charge in [0.2, 0.25) is 0 Å². The van der Waals surface area contributed by atoms with Crippen LogP contribution in [0.1, 0.15) is 40.4 Å². The van der Waals surface area contributed by atoms with E-state index in [0.717, 1.165) is 49.7 Å². The van der Waals surface area contributed by atoms with E-state index in [-0.39, 0.29) is 0 Å². The second-order valence-corrected chi connectivity index (χ2v) is 9.59. The van der Waals surface area contributed by atoms with Gasteiger partial charge >= 0.3 is 5.97 Å². The number of furan rings is 1. The van der Waals surface area contributed by atoms with Gasteiger partial charge in [-0.2, -0.15) is 0 Å². The van der Waals surface area contributed by atoms with Crippen LogP contribution in [0.4, 0.5) is 0 Å². The van der Waals surface area contributed by atoms with Crippen LogP contribution in [-0.2, 0) is 6.42 Å². The third-order valence-corrected chi connectivity index (χ3v) is 6.71. The number of carboxylic acids is 1. The average Bonchev–Trinajstić information content (AvgIpc) is 3.29. The van der Waals surface area contributed by atoms with Gasteiger partial charge in [0.1, 0.15) is 11.3 Å². The maximum atomic E-state index is 11.7. The van der Waals surface area contributed by atoms with Crippen LogP contribution in [0, 0.1) is 3.57 Å². The molecule has 0 aliphatic heterocycles. The minimum Gasteiger partial charge on any atom is -0.478 e. The molecular weight excluding hydrogens is 535 g/mol. The normalized spacial score (nSPS) is 11.6. The molecule has 0 aliphatic rings. The molecule has 5 aromatic rings. The smallest absolute Gasteiger partial charge is 0.336 e. The highest BCUT2D eigenvalue weighted by Crippen LogP contribution is 2.34. The Hall–Kier alpha value is -3.38. The van der Waals surface area contributed by atoms with Gasteiger partial charge < -0.3 is 9.52 Å². The lowest BCUT2D eigenvalue weighted by Gasteiger charge is -2.08. The van der Waals surface area contributed by atoms with Gasteiger partial charge in [-0.15, -0.1) is 0 Å². The number of carboxylic acid groups (broad SMARTS) is 1. The molecule has 0 saturated carbocycles. The van der Waals surface area contributed by atoms with E-state index in [2.05, 4.69) is 78.0 Å². The number of aromatic carboxylic acids is 1. The molecule has 0 aliphatic carbocycles. The molecule has 168 valence electrons. The zero-order valence-electron chi connectivity index (χ0n) is 18.7. The van der Waals surface area contributed by atoms with Gasteiger partial charge in [-0.05, 0) is 75.4 Å². The topological polar surface area (TPSA) is 50.4 Å². The van der Waals surface area contributed by atoms with E-state index >= 15 is 0 Å². The summed E-state index contributed by atoms with van der Waals surface area (Å²) in [6.45, 7) is 2.16. The molecule has 0 bridgehead atoms. The number of benzene rings is 4. The molecule has 0 atom stereocenters. The third kappa shape index (κ3) is 4.38. The van der Waals surface area contributed by atoms with E-state index < -0.39 is 5.97 Å². The molecule has 1 aromatic heterocycles. The van der Waals surface area contributed by atoms with E-state index in [0.29, 0.717) is 11.1 Å². The van der Waals surface area contributed by atoms with E-state index in [1.807, 2.05) is 36.4 Å². The quantitative estimate of drug-likeness (QED) is 0.168. The van der Waals surface area contributed by atoms with Gasteiger partial charge in [-0.3, -0.25) is 0 Å². The fourth-order valence-electron chi connectivity index (χ4n) is 4.36. The number of rotatable bonds is 6. The Bertz CT molecular complexity index is 1560. The molecule has 0 radical (unpaired) electrons. The highest BCUT2D eigenvalue weighted by atomic mass is 127. The molecule has 4 aromatic carbocycles. The van der Waals surface area contributed by atoms with Gasteiger partial charge in [-0.25, -0.2) is 4.79 Å². The van der Waals surface area contributed by atoms with Crippen molar-refractivity contribution in [3.8, 4) is 11.3 Å². The van der Waals surface area contributed by atoms with Gasteiger partial charge in [0.25, 0.3) is 0 Å². The molecule has 34 heavy (non-hydrogen) atoms. The van der Waals surface area contributed by atoms with Crippen LogP contribution in [0.5, 0.6) is 0 Å². The van der Waals surface area contributed by atoms with Crippen molar-refractivity contribution in [2.45, 2.75) is 19.8 Å². The van der Waals surface area contributed by atoms with Crippen molar-refractivity contribution >= 4 is 62.5 Å². The number of carbonyl (C=O) groups is 1. The number of aryl methyl sites for hydroxylation is 1. The molecule has 3 nitrogen and oxygen atoms in total. The Morgan fingerprint density at radius 1 is 0.912 bits per heavy atom. The summed E-state index contributed by atoms with van der Waals surface area (Å²) in [6, 6.07) is 26.4. The Balaban J connectivity index is 1.54. The number of fused-ring (bicyclic) bond motifs is 3. The average molecular weight is 558 g/mol. The van der Waals surface area contributed by atoms with E-state index in [4.69, 9.17) is 4.42 Å². The van der Waals surface area contributed by atoms with Crippen LogP contribution in [0.3, 0.4) is 0 Å². The first kappa shape index (κ1) is 22.4. The summed E-state index contributed by atoms with van der Waals surface area (Å²) in [7, 11) is 0. The maximum absolute atomic E-state index is 11.7. The maximum Gasteiger partial charge on any atom is 0.336 e. The van der Waals surface area contributed by atoms with Crippen molar-refractivity contribution in [2.75, 3.05) is 0 Å². The van der Waals surface area contributed by atoms with E-state index in [1.54, 1.807) is 6.07 Å². The fraction of sp³-hybridized carbons (Fsp3) is 0.100. The zero-order chi connectivity index (χ0) is 23.7. The van der Waals surface area contributed by atoms with Crippen molar-refractivity contribution in [1.82, 2.24) is 0 Å². The molecule has 5 rings (SSSR count). The monoisotopic (exact) mass is 558 g/mol. The summed E-state index contributed by atoms with van der Waals surface area (Å²) < 4.78 is 7.24. The van der Waals surface area contributed by atoms with Crippen LogP contribution in [0.25, 0.3) is 45.2 Å². The summed E-state index contributed by atoms with van der Waals surface area (Å²) in [5.74, 6) is -0.0651. The van der Waals surface area contributed by atoms with Crippen molar-refractivity contribution in [1.29, 1.82) is 0 Å². The summed E-state index contributed by atoms with van der Waals surface area (Å²) in [5, 5.41) is 12.9. The van der Waals surface area contributed by atoms with Crippen molar-refractivity contribution in [3.63, 3.8) is 0 Å². The SMILES string of the molecule is CCCc1cc(-c2cc3ccc4ccccc4c3o2)ccc1C=Cc1ccc(I)cc1C(=O)O. The zero-order valence-corrected chi connectivity index (χ0v) is 20.9. The van der Waals surface area contributed by atoms with Gasteiger partial charge in [0, 0.05) is 19.9 Å². The van der Waals surface area contributed by atoms with Gasteiger partial charge in [-0.1, -0.05) is 80.1 Å². The summed E-state index contributed by atoms with van der Waals surface area (Å²) in [5.41, 5.74) is 5.26. The Labute approximate surface area is 211 Å². The lowest BCUT2D eigenvalue weighted by molar-refractivity contribution is 0.0696. The van der Waals surface area contributed by atoms with Crippen molar-refractivity contribution in [2.24, 2.45) is 0 Å². The predicted molar refractivity (Wildman–Crippen MR) is 148 cm³/mol. The van der Waals surface area contributed by atoms with Crippen molar-refractivity contribution in [3.05, 3.63) is 105 Å². The Morgan fingerprint density at radius 3 is 2.50 bits per heavy atom. The van der Waals surface area contributed by atoms with Crippen LogP contribution >= 0.6 is 22.6 Å².